The number of para-hydroxylation sites is 1. The number of carbonyl (C=O) groups is 1. The number of hydrogen-bond donors (Lipinski definition) is 1. The summed E-state index contributed by atoms with van der Waals surface area (Å²) in [6.07, 6.45) is 1.55. The Kier molecular flexibility index (Phi) is 8.49. The van der Waals surface area contributed by atoms with Gasteiger partial charge in [-0.2, -0.15) is 9.78 Å². The summed E-state index contributed by atoms with van der Waals surface area (Å²) in [5.74, 6) is -0.137. The zero-order valence-electron chi connectivity index (χ0n) is 20.6. The third kappa shape index (κ3) is 6.39. The molecule has 3 aromatic carbocycles. The lowest BCUT2D eigenvalue weighted by Crippen LogP contribution is -2.29. The van der Waals surface area contributed by atoms with E-state index in [1.165, 1.54) is 22.9 Å². The minimum Gasteiger partial charge on any atom is -0.481 e. The molecule has 0 aliphatic carbocycles. The number of fused-ring (bicyclic) bond motifs is 1. The van der Waals surface area contributed by atoms with E-state index < -0.39 is 17.1 Å². The number of amides is 1. The predicted molar refractivity (Wildman–Crippen MR) is 158 cm³/mol. The molecule has 11 heteroatoms. The number of nitrogens with one attached hydrogen (secondary N) is 1. The van der Waals surface area contributed by atoms with Gasteiger partial charge in [0.1, 0.15) is 17.4 Å². The van der Waals surface area contributed by atoms with Crippen LogP contribution >= 0.6 is 47.8 Å². The van der Waals surface area contributed by atoms with Crippen LogP contribution in [0.1, 0.15) is 32.2 Å². The van der Waals surface area contributed by atoms with Crippen LogP contribution in [0.15, 0.2) is 77.9 Å². The van der Waals surface area contributed by atoms with E-state index in [0.29, 0.717) is 37.0 Å². The van der Waals surface area contributed by atoms with Gasteiger partial charge < -0.3 is 10.1 Å². The van der Waals surface area contributed by atoms with Crippen LogP contribution in [0.25, 0.3) is 10.9 Å². The molecule has 0 bridgehead atoms. The fourth-order valence-electron chi connectivity index (χ4n) is 3.54. The summed E-state index contributed by atoms with van der Waals surface area (Å²) in [6, 6.07) is 14.7. The molecule has 0 aliphatic rings. The zero-order chi connectivity index (χ0) is 27.6. The van der Waals surface area contributed by atoms with Gasteiger partial charge in [-0.15, -0.1) is 0 Å². The van der Waals surface area contributed by atoms with Gasteiger partial charge in [-0.3, -0.25) is 9.59 Å². The Labute approximate surface area is 243 Å². The van der Waals surface area contributed by atoms with Crippen molar-refractivity contribution in [3.63, 3.8) is 0 Å². The van der Waals surface area contributed by atoms with Gasteiger partial charge in [0.25, 0.3) is 11.5 Å². The van der Waals surface area contributed by atoms with Crippen molar-refractivity contribution in [1.82, 2.24) is 9.66 Å². The van der Waals surface area contributed by atoms with Crippen molar-refractivity contribution in [3.8, 4) is 5.75 Å². The van der Waals surface area contributed by atoms with Crippen molar-refractivity contribution in [2.45, 2.75) is 26.2 Å². The molecule has 1 aromatic heterocycles. The Balaban J connectivity index is 1.59. The second-order valence-electron chi connectivity index (χ2n) is 9.34. The van der Waals surface area contributed by atoms with Gasteiger partial charge in [0.15, 0.2) is 6.61 Å². The summed E-state index contributed by atoms with van der Waals surface area (Å²) in [5, 5.41) is 7.41. The molecule has 0 spiro atoms. The number of hydrogen-bond acceptors (Lipinski definition) is 5. The van der Waals surface area contributed by atoms with E-state index in [9.17, 15) is 14.0 Å². The lowest BCUT2D eigenvalue weighted by molar-refractivity contribution is -0.118. The number of anilines is 1. The van der Waals surface area contributed by atoms with Crippen LogP contribution in [0.4, 0.5) is 10.1 Å². The monoisotopic (exact) mass is 706 g/mol. The number of halogens is 4. The van der Waals surface area contributed by atoms with Crippen LogP contribution in [0, 0.1) is 5.82 Å². The van der Waals surface area contributed by atoms with Crippen molar-refractivity contribution >= 4 is 76.5 Å². The number of benzene rings is 3. The summed E-state index contributed by atoms with van der Waals surface area (Å²) in [5.41, 5.74) is 0.607. The average molecular weight is 709 g/mol. The highest BCUT2D eigenvalue weighted by Gasteiger charge is 2.23. The van der Waals surface area contributed by atoms with E-state index in [-0.39, 0.29) is 17.9 Å². The summed E-state index contributed by atoms with van der Waals surface area (Å²) in [4.78, 5) is 30.3. The maximum absolute atomic E-state index is 13.8. The molecule has 0 radical (unpaired) electrons. The Morgan fingerprint density at radius 2 is 1.79 bits per heavy atom. The normalized spacial score (nSPS) is 11.8. The first-order valence-corrected chi connectivity index (χ1v) is 13.8. The highest BCUT2D eigenvalue weighted by atomic mass is 79.9. The topological polar surface area (TPSA) is 85.6 Å². The Hall–Kier alpha value is -2.89. The molecule has 7 nitrogen and oxygen atoms in total. The van der Waals surface area contributed by atoms with E-state index >= 15 is 0 Å². The van der Waals surface area contributed by atoms with Gasteiger partial charge in [-0.25, -0.2) is 9.37 Å². The predicted octanol–water partition coefficient (Wildman–Crippen LogP) is 7.02. The number of rotatable bonds is 6. The molecule has 4 aromatic rings. The van der Waals surface area contributed by atoms with Gasteiger partial charge >= 0.3 is 0 Å². The minimum absolute atomic E-state index is 0.0752. The molecule has 0 unspecified atom stereocenters. The van der Waals surface area contributed by atoms with Crippen LogP contribution in [0.3, 0.4) is 0 Å². The minimum atomic E-state index is -0.533. The van der Waals surface area contributed by atoms with Gasteiger partial charge in [-0.1, -0.05) is 48.8 Å². The maximum atomic E-state index is 13.8. The van der Waals surface area contributed by atoms with Crippen LogP contribution in [0.2, 0.25) is 0 Å². The fraction of sp³-hybridized carbons (Fsp3) is 0.185. The summed E-state index contributed by atoms with van der Waals surface area (Å²) in [6.45, 7) is 5.56. The van der Waals surface area contributed by atoms with Crippen LogP contribution in [-0.4, -0.2) is 28.4 Å². The summed E-state index contributed by atoms with van der Waals surface area (Å²) < 4.78 is 22.6. The van der Waals surface area contributed by atoms with E-state index in [1.54, 1.807) is 36.5 Å². The Morgan fingerprint density at radius 1 is 1.11 bits per heavy atom. The molecule has 196 valence electrons. The van der Waals surface area contributed by atoms with Crippen molar-refractivity contribution < 1.29 is 13.9 Å². The van der Waals surface area contributed by atoms with E-state index in [1.807, 2.05) is 26.8 Å². The fourth-order valence-corrected chi connectivity index (χ4v) is 5.36. The SMILES string of the molecule is CC(C)(C)c1nc2ccc(Br)cc2c(=O)n1N=Cc1cc(Br)c(OCC(=O)Nc2ccccc2F)c(Br)c1. The zero-order valence-corrected chi connectivity index (χ0v) is 25.3. The molecule has 1 amide bonds. The molecule has 1 N–H and O–H groups in total. The Morgan fingerprint density at radius 3 is 2.45 bits per heavy atom. The third-order valence-electron chi connectivity index (χ3n) is 5.32. The number of carbonyl (C=O) groups excluding carboxylic acids is 1. The van der Waals surface area contributed by atoms with Crippen LogP contribution < -0.4 is 15.6 Å². The Bertz CT molecular complexity index is 1610. The lowest BCUT2D eigenvalue weighted by Gasteiger charge is -2.21. The second-order valence-corrected chi connectivity index (χ2v) is 12.0. The van der Waals surface area contributed by atoms with Gasteiger partial charge in [0.2, 0.25) is 0 Å². The molecule has 4 rings (SSSR count). The van der Waals surface area contributed by atoms with E-state index in [0.717, 1.165) is 4.47 Å². The van der Waals surface area contributed by atoms with E-state index in [2.05, 4.69) is 58.2 Å². The number of ether oxygens (including phenoxy) is 1. The molecular weight excluding hydrogens is 687 g/mol. The van der Waals surface area contributed by atoms with Crippen molar-refractivity contribution in [2.24, 2.45) is 5.10 Å². The quantitative estimate of drug-likeness (QED) is 0.218. The smallest absolute Gasteiger partial charge is 0.282 e. The molecule has 0 saturated carbocycles. The first-order valence-electron chi connectivity index (χ1n) is 11.4. The number of aromatic nitrogens is 2. The molecular formula is C27H22Br3FN4O3. The second kappa shape index (κ2) is 11.5. The van der Waals surface area contributed by atoms with Crippen LogP contribution in [-0.2, 0) is 10.2 Å². The highest BCUT2D eigenvalue weighted by molar-refractivity contribution is 9.11. The number of nitrogens with zero attached hydrogens (tertiary/aromatic N) is 3. The van der Waals surface area contributed by atoms with Crippen LogP contribution in [0.5, 0.6) is 5.75 Å². The van der Waals surface area contributed by atoms with Crippen molar-refractivity contribution in [2.75, 3.05) is 11.9 Å². The molecule has 0 saturated heterocycles. The average Bonchev–Trinajstić information content (AvgIpc) is 2.84. The largest absolute Gasteiger partial charge is 0.481 e. The van der Waals surface area contributed by atoms with Crippen molar-refractivity contribution in [3.05, 3.63) is 95.6 Å². The molecule has 1 heterocycles. The molecule has 0 atom stereocenters. The standard InChI is InChI=1S/C27H22Br3FN4O3/c1-27(2,3)26-34-21-9-8-16(28)12-17(21)25(37)35(26)32-13-15-10-18(29)24(19(30)11-15)38-14-23(36)33-22-7-5-4-6-20(22)31/h4-13H,14H2,1-3H3,(H,33,36). The first-order chi connectivity index (χ1) is 17.9. The van der Waals surface area contributed by atoms with Gasteiger partial charge in [0, 0.05) is 9.89 Å². The third-order valence-corrected chi connectivity index (χ3v) is 6.99. The van der Waals surface area contributed by atoms with Gasteiger partial charge in [0.05, 0.1) is 31.8 Å². The molecule has 0 fully saturated rings. The van der Waals surface area contributed by atoms with Crippen molar-refractivity contribution in [1.29, 1.82) is 0 Å². The first kappa shape index (κ1) is 28.1. The lowest BCUT2D eigenvalue weighted by atomic mass is 9.95. The van der Waals surface area contributed by atoms with Gasteiger partial charge in [-0.05, 0) is 79.9 Å². The summed E-state index contributed by atoms with van der Waals surface area (Å²) in [7, 11) is 0. The van der Waals surface area contributed by atoms with E-state index in [4.69, 9.17) is 9.72 Å². The molecule has 38 heavy (non-hydrogen) atoms. The maximum Gasteiger partial charge on any atom is 0.282 e. The molecule has 0 aliphatic heterocycles. The summed E-state index contributed by atoms with van der Waals surface area (Å²) >= 11 is 10.3. The highest BCUT2D eigenvalue weighted by Crippen LogP contribution is 2.34.